The van der Waals surface area contributed by atoms with Crippen LogP contribution in [-0.2, 0) is 0 Å². The smallest absolute Gasteiger partial charge is 0.0242 e. The number of hydrogen-bond donors (Lipinski definition) is 0. The molecule has 0 amide bonds. The molecule has 0 fully saturated rings. The Bertz CT molecular complexity index is 251. The van der Waals surface area contributed by atoms with Crippen molar-refractivity contribution in [1.29, 1.82) is 0 Å². The van der Waals surface area contributed by atoms with Crippen LogP contribution in [0, 0.1) is 0 Å². The van der Waals surface area contributed by atoms with Gasteiger partial charge in [0.2, 0.25) is 0 Å². The summed E-state index contributed by atoms with van der Waals surface area (Å²) in [5, 5.41) is 0. The van der Waals surface area contributed by atoms with Crippen molar-refractivity contribution in [2.45, 2.75) is 40.0 Å². The molecule has 0 aliphatic rings. The van der Waals surface area contributed by atoms with Gasteiger partial charge in [-0.25, -0.2) is 0 Å². The molecule has 0 aliphatic heterocycles. The van der Waals surface area contributed by atoms with Crippen LogP contribution in [0.25, 0.3) is 0 Å². The SMILES string of the molecule is C=C(C)C=C(C=CCC)CCC(=C)C. The molecule has 0 bridgehead atoms. The van der Waals surface area contributed by atoms with E-state index in [1.807, 2.05) is 6.92 Å². The van der Waals surface area contributed by atoms with Crippen molar-refractivity contribution in [1.82, 2.24) is 0 Å². The monoisotopic (exact) mass is 190 g/mol. The van der Waals surface area contributed by atoms with Gasteiger partial charge in [0, 0.05) is 0 Å². The molecule has 0 aliphatic carbocycles. The van der Waals surface area contributed by atoms with Crippen molar-refractivity contribution in [2.24, 2.45) is 0 Å². The first-order valence-corrected chi connectivity index (χ1v) is 5.23. The maximum absolute atomic E-state index is 3.91. The summed E-state index contributed by atoms with van der Waals surface area (Å²) >= 11 is 0. The van der Waals surface area contributed by atoms with Gasteiger partial charge in [-0.15, -0.1) is 6.58 Å². The number of allylic oxidation sites excluding steroid dienone is 6. The normalized spacial score (nSPS) is 12.1. The lowest BCUT2D eigenvalue weighted by atomic mass is 10.0. The third-order valence-electron chi connectivity index (χ3n) is 1.84. The minimum absolute atomic E-state index is 1.06. The van der Waals surface area contributed by atoms with Crippen LogP contribution in [0.3, 0.4) is 0 Å². The Morgan fingerprint density at radius 1 is 1.14 bits per heavy atom. The zero-order chi connectivity index (χ0) is 11.0. The first-order valence-electron chi connectivity index (χ1n) is 5.23. The maximum Gasteiger partial charge on any atom is -0.0242 e. The van der Waals surface area contributed by atoms with Crippen LogP contribution in [0.2, 0.25) is 0 Å². The second-order valence-corrected chi connectivity index (χ2v) is 3.83. The quantitative estimate of drug-likeness (QED) is 0.416. The van der Waals surface area contributed by atoms with E-state index >= 15 is 0 Å². The number of rotatable bonds is 6. The lowest BCUT2D eigenvalue weighted by Gasteiger charge is -2.02. The molecule has 14 heavy (non-hydrogen) atoms. The first-order chi connectivity index (χ1) is 6.56. The fourth-order valence-electron chi connectivity index (χ4n) is 1.15. The molecule has 0 N–H and O–H groups in total. The van der Waals surface area contributed by atoms with Crippen molar-refractivity contribution >= 4 is 0 Å². The summed E-state index contributed by atoms with van der Waals surface area (Å²) in [6.45, 7) is 14.1. The van der Waals surface area contributed by atoms with E-state index in [0.29, 0.717) is 0 Å². The summed E-state index contributed by atoms with van der Waals surface area (Å²) in [7, 11) is 0. The molecular formula is C14H22. The zero-order valence-electron chi connectivity index (χ0n) is 9.77. The van der Waals surface area contributed by atoms with Crippen LogP contribution in [0.15, 0.2) is 48.1 Å². The zero-order valence-corrected chi connectivity index (χ0v) is 9.77. The van der Waals surface area contributed by atoms with Gasteiger partial charge in [0.1, 0.15) is 0 Å². The van der Waals surface area contributed by atoms with E-state index in [0.717, 1.165) is 24.8 Å². The largest absolute Gasteiger partial charge is 0.100 e. The standard InChI is InChI=1S/C14H22/c1-6-7-8-14(11-13(4)5)10-9-12(2)3/h7-8,11H,2,4,6,9-10H2,1,3,5H3. The molecule has 0 saturated carbocycles. The van der Waals surface area contributed by atoms with E-state index in [1.165, 1.54) is 11.1 Å². The van der Waals surface area contributed by atoms with Crippen LogP contribution in [-0.4, -0.2) is 0 Å². The topological polar surface area (TPSA) is 0 Å². The Morgan fingerprint density at radius 2 is 1.79 bits per heavy atom. The molecule has 0 radical (unpaired) electrons. The van der Waals surface area contributed by atoms with Crippen LogP contribution in [0.1, 0.15) is 40.0 Å². The van der Waals surface area contributed by atoms with Crippen LogP contribution < -0.4 is 0 Å². The van der Waals surface area contributed by atoms with E-state index in [2.05, 4.69) is 45.2 Å². The highest BCUT2D eigenvalue weighted by atomic mass is 14.0. The average molecular weight is 190 g/mol. The lowest BCUT2D eigenvalue weighted by Crippen LogP contribution is -1.82. The molecular weight excluding hydrogens is 168 g/mol. The summed E-state index contributed by atoms with van der Waals surface area (Å²) in [6.07, 6.45) is 9.74. The Hall–Kier alpha value is -1.04. The molecule has 0 heterocycles. The van der Waals surface area contributed by atoms with E-state index in [4.69, 9.17) is 0 Å². The van der Waals surface area contributed by atoms with Crippen molar-refractivity contribution in [3.63, 3.8) is 0 Å². The van der Waals surface area contributed by atoms with Crippen molar-refractivity contribution in [3.05, 3.63) is 48.1 Å². The van der Waals surface area contributed by atoms with Gasteiger partial charge in [0.05, 0.1) is 0 Å². The summed E-state index contributed by atoms with van der Waals surface area (Å²) in [4.78, 5) is 0. The van der Waals surface area contributed by atoms with Gasteiger partial charge in [0.15, 0.2) is 0 Å². The van der Waals surface area contributed by atoms with Crippen LogP contribution in [0.4, 0.5) is 0 Å². The van der Waals surface area contributed by atoms with Gasteiger partial charge >= 0.3 is 0 Å². The van der Waals surface area contributed by atoms with E-state index in [9.17, 15) is 0 Å². The lowest BCUT2D eigenvalue weighted by molar-refractivity contribution is 0.947. The predicted molar refractivity (Wildman–Crippen MR) is 66.4 cm³/mol. The van der Waals surface area contributed by atoms with Crippen molar-refractivity contribution < 1.29 is 0 Å². The highest BCUT2D eigenvalue weighted by Gasteiger charge is 1.93. The van der Waals surface area contributed by atoms with Gasteiger partial charge in [-0.3, -0.25) is 0 Å². The molecule has 78 valence electrons. The Balaban J connectivity index is 4.32. The number of hydrogen-bond acceptors (Lipinski definition) is 0. The molecule has 0 spiro atoms. The highest BCUT2D eigenvalue weighted by Crippen LogP contribution is 2.13. The van der Waals surface area contributed by atoms with Gasteiger partial charge in [-0.1, -0.05) is 42.9 Å². The Kier molecular flexibility index (Phi) is 6.82. The second kappa shape index (κ2) is 7.37. The van der Waals surface area contributed by atoms with Gasteiger partial charge in [0.25, 0.3) is 0 Å². The van der Waals surface area contributed by atoms with Gasteiger partial charge in [-0.2, -0.15) is 0 Å². The van der Waals surface area contributed by atoms with E-state index < -0.39 is 0 Å². The molecule has 0 aromatic carbocycles. The van der Waals surface area contributed by atoms with Crippen LogP contribution >= 0.6 is 0 Å². The van der Waals surface area contributed by atoms with Gasteiger partial charge < -0.3 is 0 Å². The fraction of sp³-hybridized carbons (Fsp3) is 0.429. The minimum atomic E-state index is 1.06. The molecule has 0 aromatic rings. The molecule has 0 unspecified atom stereocenters. The summed E-state index contributed by atoms with van der Waals surface area (Å²) in [5.74, 6) is 0. The predicted octanol–water partition coefficient (Wildman–Crippen LogP) is 4.81. The summed E-state index contributed by atoms with van der Waals surface area (Å²) < 4.78 is 0. The van der Waals surface area contributed by atoms with E-state index in [-0.39, 0.29) is 0 Å². The van der Waals surface area contributed by atoms with Gasteiger partial charge in [-0.05, 0) is 38.7 Å². The third kappa shape index (κ3) is 7.60. The summed E-state index contributed by atoms with van der Waals surface area (Å²) in [6, 6.07) is 0. The third-order valence-corrected chi connectivity index (χ3v) is 1.84. The van der Waals surface area contributed by atoms with Crippen molar-refractivity contribution in [3.8, 4) is 0 Å². The minimum Gasteiger partial charge on any atom is -0.100 e. The molecule has 0 aromatic heterocycles. The van der Waals surface area contributed by atoms with Crippen molar-refractivity contribution in [2.75, 3.05) is 0 Å². The molecule has 0 atom stereocenters. The van der Waals surface area contributed by atoms with Crippen LogP contribution in [0.5, 0.6) is 0 Å². The maximum atomic E-state index is 3.91. The average Bonchev–Trinajstić information content (AvgIpc) is 2.09. The molecule has 0 saturated heterocycles. The molecule has 0 heteroatoms. The highest BCUT2D eigenvalue weighted by molar-refractivity contribution is 5.28. The Labute approximate surface area is 88.7 Å². The fourth-order valence-corrected chi connectivity index (χ4v) is 1.15. The van der Waals surface area contributed by atoms with E-state index in [1.54, 1.807) is 0 Å². The second-order valence-electron chi connectivity index (χ2n) is 3.83. The Morgan fingerprint density at radius 3 is 2.21 bits per heavy atom. The molecule has 0 rings (SSSR count). The molecule has 0 nitrogen and oxygen atoms in total. The first kappa shape index (κ1) is 13.0. The summed E-state index contributed by atoms with van der Waals surface area (Å²) in [5.41, 5.74) is 3.70.